The minimum atomic E-state index is -4.67. The molecule has 0 aromatic rings. The summed E-state index contributed by atoms with van der Waals surface area (Å²) in [5.74, 6) is 0.913. The van der Waals surface area contributed by atoms with E-state index in [-0.39, 0.29) is 0 Å². The van der Waals surface area contributed by atoms with Gasteiger partial charge in [0.05, 0.1) is 0 Å². The van der Waals surface area contributed by atoms with Crippen LogP contribution in [0.25, 0.3) is 0 Å². The Labute approximate surface area is 118 Å². The van der Waals surface area contributed by atoms with Gasteiger partial charge < -0.3 is 5.11 Å². The van der Waals surface area contributed by atoms with Crippen LogP contribution in [0, 0.1) is 5.92 Å². The molecule has 0 heterocycles. The molecule has 0 saturated carbocycles. The maximum atomic E-state index is 8.74. The van der Waals surface area contributed by atoms with Crippen LogP contribution in [0.15, 0.2) is 0 Å². The number of aliphatic hydroxyl groups excluding tert-OH is 1. The van der Waals surface area contributed by atoms with Gasteiger partial charge in [-0.05, 0) is 12.3 Å². The third-order valence-corrected chi connectivity index (χ3v) is 2.91. The molecule has 0 fully saturated rings. The molecule has 0 aromatic heterocycles. The Morgan fingerprint density at radius 3 is 1.74 bits per heavy atom. The van der Waals surface area contributed by atoms with E-state index in [1.165, 1.54) is 51.4 Å². The molecule has 0 bridgehead atoms. The normalized spacial score (nSPS) is 12.7. The van der Waals surface area contributed by atoms with Crippen LogP contribution in [-0.4, -0.2) is 29.2 Å². The number of hydrogen-bond donors (Lipinski definition) is 3. The maximum absolute atomic E-state index is 8.74. The van der Waals surface area contributed by atoms with Gasteiger partial charge in [-0.3, -0.25) is 9.11 Å². The number of rotatable bonds is 10. The van der Waals surface area contributed by atoms with Gasteiger partial charge in [-0.15, -0.1) is 0 Å². The fourth-order valence-electron chi connectivity index (χ4n) is 1.85. The number of hydrogen-bond acceptors (Lipinski definition) is 3. The molecule has 3 N–H and O–H groups in total. The molecule has 0 saturated heterocycles. The summed E-state index contributed by atoms with van der Waals surface area (Å²) in [6.45, 7) is 5.01. The van der Waals surface area contributed by atoms with Crippen molar-refractivity contribution in [2.24, 2.45) is 5.92 Å². The van der Waals surface area contributed by atoms with E-state index in [0.29, 0.717) is 6.61 Å². The van der Waals surface area contributed by atoms with Crippen molar-refractivity contribution in [2.75, 3.05) is 6.61 Å². The van der Waals surface area contributed by atoms with Crippen molar-refractivity contribution in [1.82, 2.24) is 0 Å². The topological polar surface area (TPSA) is 94.8 Å². The Kier molecular flexibility index (Phi) is 15.8. The zero-order valence-corrected chi connectivity index (χ0v) is 13.0. The van der Waals surface area contributed by atoms with Crippen molar-refractivity contribution < 1.29 is 22.6 Å². The minimum Gasteiger partial charge on any atom is -0.396 e. The zero-order valence-electron chi connectivity index (χ0n) is 12.2. The molecule has 5 nitrogen and oxygen atoms in total. The SMILES string of the molecule is CCCCCC(C)CCCCCCO.O=S(=O)(O)O. The van der Waals surface area contributed by atoms with Crippen LogP contribution in [0.1, 0.15) is 71.6 Å². The van der Waals surface area contributed by atoms with Crippen molar-refractivity contribution >= 4 is 10.4 Å². The van der Waals surface area contributed by atoms with Crippen LogP contribution in [0.2, 0.25) is 0 Å². The smallest absolute Gasteiger partial charge is 0.394 e. The van der Waals surface area contributed by atoms with E-state index in [1.807, 2.05) is 0 Å². The van der Waals surface area contributed by atoms with Gasteiger partial charge in [0, 0.05) is 6.61 Å². The van der Waals surface area contributed by atoms with Gasteiger partial charge in [-0.2, -0.15) is 8.42 Å². The maximum Gasteiger partial charge on any atom is 0.394 e. The summed E-state index contributed by atoms with van der Waals surface area (Å²) in [4.78, 5) is 0. The first-order chi connectivity index (χ1) is 8.81. The molecule has 118 valence electrons. The largest absolute Gasteiger partial charge is 0.396 e. The van der Waals surface area contributed by atoms with Gasteiger partial charge in [0.25, 0.3) is 0 Å². The lowest BCUT2D eigenvalue weighted by atomic mass is 9.97. The average molecular weight is 298 g/mol. The van der Waals surface area contributed by atoms with Crippen molar-refractivity contribution in [1.29, 1.82) is 0 Å². The third kappa shape index (κ3) is 31.9. The third-order valence-electron chi connectivity index (χ3n) is 2.91. The molecule has 6 heteroatoms. The zero-order chi connectivity index (χ0) is 15.1. The molecule has 19 heavy (non-hydrogen) atoms. The Morgan fingerprint density at radius 1 is 0.895 bits per heavy atom. The Balaban J connectivity index is 0. The van der Waals surface area contributed by atoms with E-state index < -0.39 is 10.4 Å². The van der Waals surface area contributed by atoms with Gasteiger partial charge in [0.2, 0.25) is 0 Å². The van der Waals surface area contributed by atoms with Crippen LogP contribution in [0.5, 0.6) is 0 Å². The molecule has 1 unspecified atom stereocenters. The van der Waals surface area contributed by atoms with Crippen molar-refractivity contribution in [3.05, 3.63) is 0 Å². The molecule has 0 aliphatic rings. The second-order valence-electron chi connectivity index (χ2n) is 4.98. The molecule has 0 rings (SSSR count). The van der Waals surface area contributed by atoms with Crippen LogP contribution < -0.4 is 0 Å². The lowest BCUT2D eigenvalue weighted by Crippen LogP contribution is -1.95. The lowest BCUT2D eigenvalue weighted by Gasteiger charge is -2.10. The molecule has 0 radical (unpaired) electrons. The fraction of sp³-hybridized carbons (Fsp3) is 1.00. The highest BCUT2D eigenvalue weighted by molar-refractivity contribution is 7.79. The second kappa shape index (κ2) is 14.2. The molecule has 1 atom stereocenters. The number of unbranched alkanes of at least 4 members (excludes halogenated alkanes) is 5. The van der Waals surface area contributed by atoms with Gasteiger partial charge in [0.15, 0.2) is 0 Å². The molecule has 0 spiro atoms. The van der Waals surface area contributed by atoms with Gasteiger partial charge in [0.1, 0.15) is 0 Å². The quantitative estimate of drug-likeness (QED) is 0.424. The Bertz CT molecular complexity index is 256. The molecular weight excluding hydrogens is 268 g/mol. The Hall–Kier alpha value is -0.170. The summed E-state index contributed by atoms with van der Waals surface area (Å²) in [5, 5.41) is 8.62. The van der Waals surface area contributed by atoms with Crippen molar-refractivity contribution in [2.45, 2.75) is 71.6 Å². The highest BCUT2D eigenvalue weighted by Gasteiger charge is 2.01. The first kappa shape index (κ1) is 21.1. The van der Waals surface area contributed by atoms with Crippen LogP contribution in [0.4, 0.5) is 0 Å². The molecule has 0 amide bonds. The summed E-state index contributed by atoms with van der Waals surface area (Å²) in [6.07, 6.45) is 11.8. The molecule has 0 aliphatic heterocycles. The summed E-state index contributed by atoms with van der Waals surface area (Å²) in [6, 6.07) is 0. The predicted octanol–water partition coefficient (Wildman–Crippen LogP) is 3.49. The van der Waals surface area contributed by atoms with Gasteiger partial charge in [-0.25, -0.2) is 0 Å². The summed E-state index contributed by atoms with van der Waals surface area (Å²) < 4.78 is 31.6. The summed E-state index contributed by atoms with van der Waals surface area (Å²) in [7, 11) is -4.67. The van der Waals surface area contributed by atoms with E-state index in [1.54, 1.807) is 0 Å². The van der Waals surface area contributed by atoms with E-state index in [2.05, 4.69) is 13.8 Å². The van der Waals surface area contributed by atoms with Crippen molar-refractivity contribution in [3.8, 4) is 0 Å². The fourth-order valence-corrected chi connectivity index (χ4v) is 1.85. The van der Waals surface area contributed by atoms with E-state index in [4.69, 9.17) is 22.6 Å². The highest BCUT2D eigenvalue weighted by Crippen LogP contribution is 2.16. The van der Waals surface area contributed by atoms with E-state index in [0.717, 1.165) is 12.3 Å². The van der Waals surface area contributed by atoms with Crippen LogP contribution >= 0.6 is 0 Å². The average Bonchev–Trinajstić information content (AvgIpc) is 2.27. The van der Waals surface area contributed by atoms with Crippen molar-refractivity contribution in [3.63, 3.8) is 0 Å². The highest BCUT2D eigenvalue weighted by atomic mass is 32.3. The van der Waals surface area contributed by atoms with Gasteiger partial charge in [-0.1, -0.05) is 65.2 Å². The molecule has 0 aliphatic carbocycles. The van der Waals surface area contributed by atoms with Gasteiger partial charge >= 0.3 is 10.4 Å². The second-order valence-corrected chi connectivity index (χ2v) is 5.87. The standard InChI is InChI=1S/C13H28O.H2O4S/c1-3-4-7-10-13(2)11-8-5-6-9-12-14;1-5(2,3)4/h13-14H,3-12H2,1-2H3;(H2,1,2,3,4). The first-order valence-corrected chi connectivity index (χ1v) is 8.51. The van der Waals surface area contributed by atoms with E-state index >= 15 is 0 Å². The predicted molar refractivity (Wildman–Crippen MR) is 77.7 cm³/mol. The molecule has 0 aromatic carbocycles. The van der Waals surface area contributed by atoms with E-state index in [9.17, 15) is 0 Å². The Morgan fingerprint density at radius 2 is 1.32 bits per heavy atom. The minimum absolute atomic E-state index is 0.367. The summed E-state index contributed by atoms with van der Waals surface area (Å²) in [5.41, 5.74) is 0. The van der Waals surface area contributed by atoms with Crippen LogP contribution in [-0.2, 0) is 10.4 Å². The summed E-state index contributed by atoms with van der Waals surface area (Å²) >= 11 is 0. The first-order valence-electron chi connectivity index (χ1n) is 7.12. The lowest BCUT2D eigenvalue weighted by molar-refractivity contribution is 0.281. The molecular formula is C13H30O5S. The monoisotopic (exact) mass is 298 g/mol. The number of aliphatic hydroxyl groups is 1. The van der Waals surface area contributed by atoms with Crippen LogP contribution in [0.3, 0.4) is 0 Å².